The van der Waals surface area contributed by atoms with Crippen LogP contribution in [0, 0.1) is 0 Å². The molecule has 0 unspecified atom stereocenters. The van der Waals surface area contributed by atoms with Crippen molar-refractivity contribution >= 4 is 26.5 Å². The highest BCUT2D eigenvalue weighted by molar-refractivity contribution is 7.93. The normalized spacial score (nSPS) is 11.6. The van der Waals surface area contributed by atoms with E-state index in [0.717, 1.165) is 11.3 Å². The van der Waals surface area contributed by atoms with Crippen LogP contribution in [0.4, 0.5) is 5.13 Å². The van der Waals surface area contributed by atoms with Crippen molar-refractivity contribution in [2.24, 2.45) is 0 Å². The average molecular weight is 289 g/mol. The zero-order valence-electron chi connectivity index (χ0n) is 9.22. The Morgan fingerprint density at radius 3 is 3.00 bits per heavy atom. The second-order valence-corrected chi connectivity index (χ2v) is 5.88. The Hall–Kier alpha value is -1.52. The van der Waals surface area contributed by atoms with Gasteiger partial charge in [-0.3, -0.25) is 9.40 Å². The highest BCUT2D eigenvalue weighted by Gasteiger charge is 2.17. The van der Waals surface area contributed by atoms with Gasteiger partial charge in [-0.1, -0.05) is 11.3 Å². The summed E-state index contributed by atoms with van der Waals surface area (Å²) in [6.07, 6.45) is 3.17. The first-order chi connectivity index (χ1) is 8.62. The molecule has 0 aliphatic rings. The summed E-state index contributed by atoms with van der Waals surface area (Å²) in [5.41, 5.74) is 1.43. The highest BCUT2D eigenvalue weighted by atomic mass is 32.2. The van der Waals surface area contributed by atoms with Crippen LogP contribution in [0.15, 0.2) is 22.8 Å². The highest BCUT2D eigenvalue weighted by Crippen LogP contribution is 2.16. The minimum atomic E-state index is -3.68. The molecule has 8 nitrogen and oxygen atoms in total. The molecule has 0 saturated carbocycles. The number of anilines is 1. The molecule has 0 amide bonds. The molecule has 0 aliphatic carbocycles. The summed E-state index contributed by atoms with van der Waals surface area (Å²) in [6, 6.07) is 0. The fraction of sp³-hybridized carbons (Fsp3) is 0.375. The van der Waals surface area contributed by atoms with E-state index >= 15 is 0 Å². The molecular weight excluding hydrogens is 278 g/mol. The number of aliphatic hydroxyl groups is 1. The lowest BCUT2D eigenvalue weighted by atomic mass is 10.5. The summed E-state index contributed by atoms with van der Waals surface area (Å²) in [5.74, 6) is 0. The van der Waals surface area contributed by atoms with Crippen LogP contribution in [0.2, 0.25) is 0 Å². The van der Waals surface area contributed by atoms with Gasteiger partial charge in [0.25, 0.3) is 10.0 Å². The molecule has 2 aromatic rings. The van der Waals surface area contributed by atoms with Gasteiger partial charge in [0.05, 0.1) is 6.20 Å². The quantitative estimate of drug-likeness (QED) is 0.769. The first-order valence-electron chi connectivity index (χ1n) is 5.04. The van der Waals surface area contributed by atoms with Crippen molar-refractivity contribution in [1.29, 1.82) is 0 Å². The Morgan fingerprint density at radius 2 is 2.33 bits per heavy atom. The molecule has 0 saturated heterocycles. The third-order valence-electron chi connectivity index (χ3n) is 2.05. The number of hydrogen-bond acceptors (Lipinski definition) is 7. The number of nitrogens with one attached hydrogen (secondary N) is 1. The molecular formula is C8H11N5O3S2. The van der Waals surface area contributed by atoms with E-state index < -0.39 is 10.0 Å². The van der Waals surface area contributed by atoms with Crippen LogP contribution in [0.1, 0.15) is 6.42 Å². The van der Waals surface area contributed by atoms with E-state index in [4.69, 9.17) is 5.11 Å². The third-order valence-corrected chi connectivity index (χ3v) is 4.08. The number of aromatic nitrogens is 4. The first-order valence-corrected chi connectivity index (χ1v) is 7.40. The van der Waals surface area contributed by atoms with E-state index in [1.165, 1.54) is 22.6 Å². The van der Waals surface area contributed by atoms with Gasteiger partial charge in [0.2, 0.25) is 5.13 Å². The van der Waals surface area contributed by atoms with Crippen molar-refractivity contribution in [1.82, 2.24) is 20.0 Å². The monoisotopic (exact) mass is 289 g/mol. The number of aliphatic hydroxyl groups excluding tert-OH is 1. The molecule has 2 heterocycles. The standard InChI is InChI=1S/C8H11N5O3S2/c14-3-1-2-13-5-7(4-10-13)18(15,16)12-8-11-9-6-17-8/h4-6,14H,1-3H2,(H,11,12). The van der Waals surface area contributed by atoms with Crippen LogP contribution in [0.5, 0.6) is 0 Å². The summed E-state index contributed by atoms with van der Waals surface area (Å²) in [5, 5.41) is 19.9. The SMILES string of the molecule is O=S(=O)(Nc1nncs1)c1cnn(CCCO)c1. The van der Waals surface area contributed by atoms with E-state index in [0.29, 0.717) is 13.0 Å². The zero-order chi connectivity index (χ0) is 13.0. The lowest BCUT2D eigenvalue weighted by molar-refractivity contribution is 0.277. The van der Waals surface area contributed by atoms with Crippen molar-refractivity contribution in [3.8, 4) is 0 Å². The second kappa shape index (κ2) is 5.42. The van der Waals surface area contributed by atoms with Crippen molar-refractivity contribution in [3.05, 3.63) is 17.9 Å². The molecule has 2 aromatic heterocycles. The van der Waals surface area contributed by atoms with Gasteiger partial charge in [0.1, 0.15) is 10.4 Å². The van der Waals surface area contributed by atoms with Crippen LogP contribution in [0.3, 0.4) is 0 Å². The average Bonchev–Trinajstić information content (AvgIpc) is 2.96. The molecule has 0 bridgehead atoms. The van der Waals surface area contributed by atoms with Crippen LogP contribution < -0.4 is 4.72 Å². The first kappa shape index (κ1) is 12.9. The molecule has 0 aromatic carbocycles. The molecule has 10 heteroatoms. The lowest BCUT2D eigenvalue weighted by Crippen LogP contribution is -2.12. The summed E-state index contributed by atoms with van der Waals surface area (Å²) in [7, 11) is -3.68. The molecule has 0 spiro atoms. The minimum absolute atomic E-state index is 0.0327. The second-order valence-electron chi connectivity index (χ2n) is 3.37. The van der Waals surface area contributed by atoms with E-state index in [1.807, 2.05) is 0 Å². The van der Waals surface area contributed by atoms with E-state index in [9.17, 15) is 8.42 Å². The molecule has 18 heavy (non-hydrogen) atoms. The fourth-order valence-corrected chi connectivity index (χ4v) is 2.87. The van der Waals surface area contributed by atoms with Crippen LogP contribution in [-0.2, 0) is 16.6 Å². The van der Waals surface area contributed by atoms with E-state index in [2.05, 4.69) is 20.0 Å². The van der Waals surface area contributed by atoms with Crippen molar-refractivity contribution < 1.29 is 13.5 Å². The van der Waals surface area contributed by atoms with Crippen LogP contribution >= 0.6 is 11.3 Å². The minimum Gasteiger partial charge on any atom is -0.396 e. The van der Waals surface area contributed by atoms with Gasteiger partial charge in [0, 0.05) is 19.3 Å². The van der Waals surface area contributed by atoms with Crippen molar-refractivity contribution in [3.63, 3.8) is 0 Å². The molecule has 98 valence electrons. The number of rotatable bonds is 6. The van der Waals surface area contributed by atoms with Gasteiger partial charge in [-0.2, -0.15) is 5.10 Å². The van der Waals surface area contributed by atoms with Gasteiger partial charge < -0.3 is 5.11 Å². The Bertz CT molecular complexity index is 592. The van der Waals surface area contributed by atoms with E-state index in [1.54, 1.807) is 0 Å². The van der Waals surface area contributed by atoms with E-state index in [-0.39, 0.29) is 16.6 Å². The number of sulfonamides is 1. The molecule has 2 N–H and O–H groups in total. The van der Waals surface area contributed by atoms with Crippen LogP contribution in [-0.4, -0.2) is 40.1 Å². The molecule has 0 fully saturated rings. The van der Waals surface area contributed by atoms with Gasteiger partial charge >= 0.3 is 0 Å². The fourth-order valence-electron chi connectivity index (χ4n) is 1.23. The predicted molar refractivity (Wildman–Crippen MR) is 64.6 cm³/mol. The summed E-state index contributed by atoms with van der Waals surface area (Å²) >= 11 is 1.09. The van der Waals surface area contributed by atoms with Crippen molar-refractivity contribution in [2.45, 2.75) is 17.9 Å². The zero-order valence-corrected chi connectivity index (χ0v) is 10.9. The Balaban J connectivity index is 2.12. The van der Waals surface area contributed by atoms with Gasteiger partial charge in [-0.25, -0.2) is 8.42 Å². The Morgan fingerprint density at radius 1 is 1.50 bits per heavy atom. The van der Waals surface area contributed by atoms with Gasteiger partial charge in [-0.05, 0) is 6.42 Å². The molecule has 0 atom stereocenters. The van der Waals surface area contributed by atoms with Crippen LogP contribution in [0.25, 0.3) is 0 Å². The predicted octanol–water partition coefficient (Wildman–Crippen LogP) is -0.0822. The molecule has 0 aliphatic heterocycles. The molecule has 0 radical (unpaired) electrons. The maximum Gasteiger partial charge on any atom is 0.266 e. The number of aryl methyl sites for hydroxylation is 1. The molecule has 2 rings (SSSR count). The Kier molecular flexibility index (Phi) is 3.89. The maximum atomic E-state index is 11.9. The summed E-state index contributed by atoms with van der Waals surface area (Å²) < 4.78 is 27.6. The third kappa shape index (κ3) is 3.03. The number of nitrogens with zero attached hydrogens (tertiary/aromatic N) is 4. The summed E-state index contributed by atoms with van der Waals surface area (Å²) in [6.45, 7) is 0.496. The summed E-state index contributed by atoms with van der Waals surface area (Å²) in [4.78, 5) is 0.0515. The lowest BCUT2D eigenvalue weighted by Gasteiger charge is -2.01. The Labute approximate surface area is 107 Å². The maximum absolute atomic E-state index is 11.9. The largest absolute Gasteiger partial charge is 0.396 e. The smallest absolute Gasteiger partial charge is 0.266 e. The topological polar surface area (TPSA) is 110 Å². The van der Waals surface area contributed by atoms with Crippen molar-refractivity contribution in [2.75, 3.05) is 11.3 Å². The van der Waals surface area contributed by atoms with Gasteiger partial charge in [-0.15, -0.1) is 10.2 Å². The number of hydrogen-bond donors (Lipinski definition) is 2. The van der Waals surface area contributed by atoms with Gasteiger partial charge in [0.15, 0.2) is 0 Å².